The van der Waals surface area contributed by atoms with Crippen LogP contribution < -0.4 is 10.2 Å². The van der Waals surface area contributed by atoms with E-state index in [9.17, 15) is 0 Å². The zero-order chi connectivity index (χ0) is 12.1. The van der Waals surface area contributed by atoms with E-state index in [0.717, 1.165) is 18.1 Å². The van der Waals surface area contributed by atoms with Gasteiger partial charge in [0.2, 0.25) is 0 Å². The highest BCUT2D eigenvalue weighted by molar-refractivity contribution is 6.30. The average molecular weight is 241 g/mol. The zero-order valence-corrected chi connectivity index (χ0v) is 11.3. The second-order valence-corrected chi connectivity index (χ2v) is 5.13. The van der Waals surface area contributed by atoms with E-state index in [4.69, 9.17) is 11.6 Å². The highest BCUT2D eigenvalue weighted by Crippen LogP contribution is 2.23. The van der Waals surface area contributed by atoms with Gasteiger partial charge in [0, 0.05) is 31.4 Å². The third-order valence-electron chi connectivity index (χ3n) is 2.40. The third kappa shape index (κ3) is 4.03. The van der Waals surface area contributed by atoms with Gasteiger partial charge in [0.15, 0.2) is 0 Å². The highest BCUT2D eigenvalue weighted by Gasteiger charge is 2.05. The number of hydrogen-bond acceptors (Lipinski definition) is 2. The van der Waals surface area contributed by atoms with Gasteiger partial charge in [-0.15, -0.1) is 0 Å². The van der Waals surface area contributed by atoms with Gasteiger partial charge in [-0.2, -0.15) is 0 Å². The second kappa shape index (κ2) is 6.12. The Morgan fingerprint density at radius 1 is 1.31 bits per heavy atom. The summed E-state index contributed by atoms with van der Waals surface area (Å²) in [5.41, 5.74) is 2.47. The largest absolute Gasteiger partial charge is 0.377 e. The lowest BCUT2D eigenvalue weighted by Crippen LogP contribution is -2.21. The fourth-order valence-corrected chi connectivity index (χ4v) is 1.76. The summed E-state index contributed by atoms with van der Waals surface area (Å²) in [6.45, 7) is 6.35. The van der Waals surface area contributed by atoms with Crippen LogP contribution in [-0.2, 0) is 6.54 Å². The van der Waals surface area contributed by atoms with Crippen LogP contribution in [0.5, 0.6) is 0 Å². The third-order valence-corrected chi connectivity index (χ3v) is 2.63. The van der Waals surface area contributed by atoms with Crippen molar-refractivity contribution < 1.29 is 0 Å². The molecule has 0 fully saturated rings. The van der Waals surface area contributed by atoms with Crippen molar-refractivity contribution in [2.75, 3.05) is 25.5 Å². The Labute approximate surface area is 104 Å². The van der Waals surface area contributed by atoms with E-state index in [1.165, 1.54) is 11.3 Å². The minimum absolute atomic E-state index is 0.676. The summed E-state index contributed by atoms with van der Waals surface area (Å²) < 4.78 is 0. The first kappa shape index (κ1) is 13.3. The summed E-state index contributed by atoms with van der Waals surface area (Å²) in [5.74, 6) is 0.676. The monoisotopic (exact) mass is 240 g/mol. The molecule has 3 heteroatoms. The molecular weight excluding hydrogens is 220 g/mol. The van der Waals surface area contributed by atoms with E-state index in [1.54, 1.807) is 0 Å². The van der Waals surface area contributed by atoms with E-state index in [1.807, 2.05) is 26.2 Å². The van der Waals surface area contributed by atoms with E-state index < -0.39 is 0 Å². The number of nitrogens with one attached hydrogen (secondary N) is 1. The van der Waals surface area contributed by atoms with Crippen molar-refractivity contribution >= 4 is 17.3 Å². The van der Waals surface area contributed by atoms with Crippen LogP contribution in [0.3, 0.4) is 0 Å². The molecule has 2 nitrogen and oxygen atoms in total. The molecule has 0 heterocycles. The Kier molecular flexibility index (Phi) is 5.10. The van der Waals surface area contributed by atoms with Gasteiger partial charge >= 0.3 is 0 Å². The maximum Gasteiger partial charge on any atom is 0.0426 e. The smallest absolute Gasteiger partial charge is 0.0426 e. The topological polar surface area (TPSA) is 15.3 Å². The predicted molar refractivity (Wildman–Crippen MR) is 72.3 cm³/mol. The zero-order valence-electron chi connectivity index (χ0n) is 10.5. The fraction of sp³-hybridized carbons (Fsp3) is 0.538. The number of rotatable bonds is 5. The molecule has 0 aliphatic rings. The van der Waals surface area contributed by atoms with Crippen molar-refractivity contribution in [3.05, 3.63) is 28.8 Å². The number of nitrogens with zero attached hydrogens (tertiary/aromatic N) is 1. The molecule has 1 aromatic carbocycles. The van der Waals surface area contributed by atoms with Gasteiger partial charge in [-0.05, 0) is 30.2 Å². The Hall–Kier alpha value is -0.730. The number of halogens is 1. The molecule has 0 aliphatic heterocycles. The molecule has 0 radical (unpaired) electrons. The Morgan fingerprint density at radius 3 is 2.56 bits per heavy atom. The molecule has 0 aromatic heterocycles. The molecule has 0 unspecified atom stereocenters. The Balaban J connectivity index is 2.71. The molecule has 90 valence electrons. The van der Waals surface area contributed by atoms with Crippen LogP contribution >= 0.6 is 11.6 Å². The lowest BCUT2D eigenvalue weighted by Gasteiger charge is -2.18. The van der Waals surface area contributed by atoms with Crippen LogP contribution in [0, 0.1) is 5.92 Å². The summed E-state index contributed by atoms with van der Waals surface area (Å²) in [6.07, 6.45) is 0. The normalized spacial score (nSPS) is 10.9. The molecule has 1 rings (SSSR count). The Morgan fingerprint density at radius 2 is 2.00 bits per heavy atom. The first-order valence-electron chi connectivity index (χ1n) is 5.67. The number of benzene rings is 1. The molecule has 0 aliphatic carbocycles. The highest BCUT2D eigenvalue weighted by atomic mass is 35.5. The van der Waals surface area contributed by atoms with Crippen molar-refractivity contribution in [3.63, 3.8) is 0 Å². The summed E-state index contributed by atoms with van der Waals surface area (Å²) in [7, 11) is 4.08. The lowest BCUT2D eigenvalue weighted by molar-refractivity contribution is 0.552. The van der Waals surface area contributed by atoms with Gasteiger partial charge in [-0.25, -0.2) is 0 Å². The summed E-state index contributed by atoms with van der Waals surface area (Å²) in [4.78, 5) is 2.10. The molecule has 1 N–H and O–H groups in total. The van der Waals surface area contributed by atoms with Crippen LogP contribution in [0.15, 0.2) is 18.2 Å². The van der Waals surface area contributed by atoms with E-state index >= 15 is 0 Å². The second-order valence-electron chi connectivity index (χ2n) is 4.69. The summed E-state index contributed by atoms with van der Waals surface area (Å²) >= 11 is 6.00. The molecule has 0 bridgehead atoms. The number of hydrogen-bond donors (Lipinski definition) is 1. The van der Waals surface area contributed by atoms with Gasteiger partial charge in [0.25, 0.3) is 0 Å². The van der Waals surface area contributed by atoms with Crippen LogP contribution in [-0.4, -0.2) is 20.6 Å². The molecular formula is C13H21ClN2. The van der Waals surface area contributed by atoms with Gasteiger partial charge in [-0.1, -0.05) is 31.5 Å². The molecule has 0 amide bonds. The quantitative estimate of drug-likeness (QED) is 0.851. The van der Waals surface area contributed by atoms with E-state index in [2.05, 4.69) is 30.1 Å². The summed E-state index contributed by atoms with van der Waals surface area (Å²) in [6, 6.07) is 6.04. The van der Waals surface area contributed by atoms with Crippen molar-refractivity contribution in [1.82, 2.24) is 5.32 Å². The standard InChI is InChI=1S/C13H21ClN2/c1-10(2)8-15-9-11-5-6-12(14)7-13(11)16(3)4/h5-7,10,15H,8-9H2,1-4H3. The van der Waals surface area contributed by atoms with E-state index in [0.29, 0.717) is 5.92 Å². The van der Waals surface area contributed by atoms with Crippen molar-refractivity contribution in [2.45, 2.75) is 20.4 Å². The van der Waals surface area contributed by atoms with Crippen molar-refractivity contribution in [3.8, 4) is 0 Å². The van der Waals surface area contributed by atoms with E-state index in [-0.39, 0.29) is 0 Å². The first-order valence-corrected chi connectivity index (χ1v) is 6.05. The molecule has 0 saturated heterocycles. The maximum absolute atomic E-state index is 6.00. The van der Waals surface area contributed by atoms with Crippen molar-refractivity contribution in [1.29, 1.82) is 0 Å². The molecule has 1 aromatic rings. The molecule has 0 saturated carbocycles. The van der Waals surface area contributed by atoms with Crippen LogP contribution in [0.25, 0.3) is 0 Å². The minimum Gasteiger partial charge on any atom is -0.377 e. The van der Waals surface area contributed by atoms with Gasteiger partial charge < -0.3 is 10.2 Å². The minimum atomic E-state index is 0.676. The summed E-state index contributed by atoms with van der Waals surface area (Å²) in [5, 5.41) is 4.23. The van der Waals surface area contributed by atoms with Gasteiger partial charge in [0.05, 0.1) is 0 Å². The molecule has 0 atom stereocenters. The fourth-order valence-electron chi connectivity index (χ4n) is 1.60. The SMILES string of the molecule is CC(C)CNCc1ccc(Cl)cc1N(C)C. The van der Waals surface area contributed by atoms with Crippen molar-refractivity contribution in [2.24, 2.45) is 5.92 Å². The first-order chi connectivity index (χ1) is 7.50. The molecule has 16 heavy (non-hydrogen) atoms. The maximum atomic E-state index is 6.00. The predicted octanol–water partition coefficient (Wildman–Crippen LogP) is 3.15. The van der Waals surface area contributed by atoms with Crippen LogP contribution in [0.2, 0.25) is 5.02 Å². The average Bonchev–Trinajstić information content (AvgIpc) is 2.19. The molecule has 0 spiro atoms. The lowest BCUT2D eigenvalue weighted by atomic mass is 10.1. The van der Waals surface area contributed by atoms with Crippen LogP contribution in [0.1, 0.15) is 19.4 Å². The Bertz CT molecular complexity index is 335. The van der Waals surface area contributed by atoms with Gasteiger partial charge in [0.1, 0.15) is 0 Å². The number of anilines is 1. The van der Waals surface area contributed by atoms with Crippen LogP contribution in [0.4, 0.5) is 5.69 Å². The van der Waals surface area contributed by atoms with Gasteiger partial charge in [-0.3, -0.25) is 0 Å².